The van der Waals surface area contributed by atoms with Crippen LogP contribution in [0.3, 0.4) is 0 Å². The molecule has 7 nitrogen and oxygen atoms in total. The van der Waals surface area contributed by atoms with Crippen LogP contribution in [0.4, 0.5) is 10.5 Å². The molecule has 0 bridgehead atoms. The summed E-state index contributed by atoms with van der Waals surface area (Å²) in [6.07, 6.45) is 0. The fraction of sp³-hybridized carbons (Fsp3) is 0. The summed E-state index contributed by atoms with van der Waals surface area (Å²) in [4.78, 5) is 31.9. The van der Waals surface area contributed by atoms with Crippen molar-refractivity contribution in [3.8, 4) is 0 Å². The molecule has 5 N–H and O–H groups in total. The highest BCUT2D eigenvalue weighted by molar-refractivity contribution is 5.97. The third-order valence-electron chi connectivity index (χ3n) is 1.69. The van der Waals surface area contributed by atoms with E-state index in [-0.39, 0.29) is 16.8 Å². The SMILES string of the molecule is NC(=O)Nc1cc(C(=O)O)cc(C(=O)O)c1. The van der Waals surface area contributed by atoms with E-state index in [1.54, 1.807) is 0 Å². The zero-order chi connectivity index (χ0) is 12.3. The maximum atomic E-state index is 10.7. The molecule has 0 heterocycles. The van der Waals surface area contributed by atoms with Gasteiger partial charge in [-0.1, -0.05) is 0 Å². The van der Waals surface area contributed by atoms with Gasteiger partial charge < -0.3 is 21.3 Å². The summed E-state index contributed by atoms with van der Waals surface area (Å²) >= 11 is 0. The predicted octanol–water partition coefficient (Wildman–Crippen LogP) is 0.574. The molecule has 0 fully saturated rings. The Morgan fingerprint density at radius 1 is 1.00 bits per heavy atom. The molecular formula is C9H8N2O5. The average molecular weight is 224 g/mol. The Labute approximate surface area is 89.5 Å². The molecular weight excluding hydrogens is 216 g/mol. The van der Waals surface area contributed by atoms with E-state index in [0.717, 1.165) is 18.2 Å². The second-order valence-corrected chi connectivity index (χ2v) is 2.90. The number of nitrogens with two attached hydrogens (primary N) is 1. The van der Waals surface area contributed by atoms with Crippen molar-refractivity contribution < 1.29 is 24.6 Å². The number of aromatic carboxylic acids is 2. The van der Waals surface area contributed by atoms with Gasteiger partial charge >= 0.3 is 18.0 Å². The van der Waals surface area contributed by atoms with Gasteiger partial charge in [0.15, 0.2) is 0 Å². The summed E-state index contributed by atoms with van der Waals surface area (Å²) in [5.41, 5.74) is 4.36. The lowest BCUT2D eigenvalue weighted by molar-refractivity contribution is 0.0696. The van der Waals surface area contributed by atoms with Crippen LogP contribution in [0.1, 0.15) is 20.7 Å². The molecule has 0 aromatic heterocycles. The molecule has 0 atom stereocenters. The zero-order valence-electron chi connectivity index (χ0n) is 7.93. The summed E-state index contributed by atoms with van der Waals surface area (Å²) in [5, 5.41) is 19.5. The lowest BCUT2D eigenvalue weighted by atomic mass is 10.1. The molecule has 0 unspecified atom stereocenters. The number of hydrogen-bond donors (Lipinski definition) is 4. The quantitative estimate of drug-likeness (QED) is 0.596. The number of carbonyl (C=O) groups excluding carboxylic acids is 1. The fourth-order valence-corrected chi connectivity index (χ4v) is 1.09. The standard InChI is InChI=1S/C9H8N2O5/c10-9(16)11-6-2-4(7(12)13)1-5(3-6)8(14)15/h1-3H,(H,12,13)(H,14,15)(H3,10,11,16). The number of carbonyl (C=O) groups is 3. The summed E-state index contributed by atoms with van der Waals surface area (Å²) in [7, 11) is 0. The van der Waals surface area contributed by atoms with Gasteiger partial charge in [0, 0.05) is 5.69 Å². The number of anilines is 1. The van der Waals surface area contributed by atoms with Crippen molar-refractivity contribution in [1.82, 2.24) is 0 Å². The van der Waals surface area contributed by atoms with E-state index in [9.17, 15) is 14.4 Å². The minimum Gasteiger partial charge on any atom is -0.478 e. The first-order chi connectivity index (χ1) is 7.40. The van der Waals surface area contributed by atoms with Gasteiger partial charge in [0.2, 0.25) is 0 Å². The van der Waals surface area contributed by atoms with E-state index < -0.39 is 18.0 Å². The lowest BCUT2D eigenvalue weighted by Gasteiger charge is -2.05. The highest BCUT2D eigenvalue weighted by atomic mass is 16.4. The van der Waals surface area contributed by atoms with Crippen LogP contribution in [0.2, 0.25) is 0 Å². The molecule has 1 rings (SSSR count). The van der Waals surface area contributed by atoms with Crippen LogP contribution in [0.15, 0.2) is 18.2 Å². The Kier molecular flexibility index (Phi) is 3.09. The molecule has 0 radical (unpaired) electrons. The molecule has 16 heavy (non-hydrogen) atoms. The molecule has 1 aromatic rings. The topological polar surface area (TPSA) is 130 Å². The van der Waals surface area contributed by atoms with Gasteiger partial charge in [-0.15, -0.1) is 0 Å². The number of nitrogens with one attached hydrogen (secondary N) is 1. The second kappa shape index (κ2) is 4.30. The van der Waals surface area contributed by atoms with Gasteiger partial charge in [0.25, 0.3) is 0 Å². The third-order valence-corrected chi connectivity index (χ3v) is 1.69. The van der Waals surface area contributed by atoms with E-state index in [1.165, 1.54) is 0 Å². The van der Waals surface area contributed by atoms with E-state index in [2.05, 4.69) is 5.32 Å². The third kappa shape index (κ3) is 2.71. The van der Waals surface area contributed by atoms with Gasteiger partial charge in [-0.3, -0.25) is 0 Å². The minimum atomic E-state index is -1.30. The number of carboxylic acids is 2. The van der Waals surface area contributed by atoms with Crippen molar-refractivity contribution >= 4 is 23.7 Å². The number of carboxylic acid groups (broad SMARTS) is 2. The monoisotopic (exact) mass is 224 g/mol. The summed E-state index contributed by atoms with van der Waals surface area (Å²) in [6, 6.07) is 2.30. The van der Waals surface area contributed by atoms with Crippen LogP contribution in [-0.4, -0.2) is 28.2 Å². The predicted molar refractivity (Wildman–Crippen MR) is 53.6 cm³/mol. The Hall–Kier alpha value is -2.57. The van der Waals surface area contributed by atoms with Gasteiger partial charge in [0.1, 0.15) is 0 Å². The van der Waals surface area contributed by atoms with E-state index >= 15 is 0 Å². The molecule has 0 aliphatic carbocycles. The van der Waals surface area contributed by atoms with Crippen LogP contribution < -0.4 is 11.1 Å². The van der Waals surface area contributed by atoms with E-state index in [0.29, 0.717) is 0 Å². The Morgan fingerprint density at radius 2 is 1.44 bits per heavy atom. The number of benzene rings is 1. The smallest absolute Gasteiger partial charge is 0.335 e. The molecule has 0 saturated carbocycles. The van der Waals surface area contributed by atoms with Gasteiger partial charge in [-0.25, -0.2) is 14.4 Å². The van der Waals surface area contributed by atoms with Crippen molar-refractivity contribution in [2.75, 3.05) is 5.32 Å². The van der Waals surface area contributed by atoms with Gasteiger partial charge in [0.05, 0.1) is 11.1 Å². The van der Waals surface area contributed by atoms with Crippen molar-refractivity contribution in [3.05, 3.63) is 29.3 Å². The average Bonchev–Trinajstić information content (AvgIpc) is 2.15. The number of urea groups is 1. The Balaban J connectivity index is 3.23. The second-order valence-electron chi connectivity index (χ2n) is 2.90. The maximum absolute atomic E-state index is 10.7. The Morgan fingerprint density at radius 3 is 1.75 bits per heavy atom. The first-order valence-corrected chi connectivity index (χ1v) is 4.08. The number of amides is 2. The first kappa shape index (κ1) is 11.5. The number of rotatable bonds is 3. The van der Waals surface area contributed by atoms with Crippen LogP contribution in [0.5, 0.6) is 0 Å². The highest BCUT2D eigenvalue weighted by Gasteiger charge is 2.11. The summed E-state index contributed by atoms with van der Waals surface area (Å²) < 4.78 is 0. The van der Waals surface area contributed by atoms with E-state index in [4.69, 9.17) is 15.9 Å². The molecule has 0 aliphatic rings. The summed E-state index contributed by atoms with van der Waals surface area (Å²) in [5.74, 6) is -2.59. The highest BCUT2D eigenvalue weighted by Crippen LogP contribution is 2.15. The van der Waals surface area contributed by atoms with Crippen LogP contribution in [0, 0.1) is 0 Å². The summed E-state index contributed by atoms with van der Waals surface area (Å²) in [6.45, 7) is 0. The largest absolute Gasteiger partial charge is 0.478 e. The van der Waals surface area contributed by atoms with E-state index in [1.807, 2.05) is 0 Å². The minimum absolute atomic E-state index is 0.0183. The molecule has 0 aliphatic heterocycles. The van der Waals surface area contributed by atoms with Crippen LogP contribution in [0.25, 0.3) is 0 Å². The normalized spacial score (nSPS) is 9.50. The van der Waals surface area contributed by atoms with Crippen molar-refractivity contribution in [2.24, 2.45) is 5.73 Å². The van der Waals surface area contributed by atoms with Gasteiger partial charge in [-0.05, 0) is 18.2 Å². The molecule has 0 spiro atoms. The van der Waals surface area contributed by atoms with Gasteiger partial charge in [-0.2, -0.15) is 0 Å². The van der Waals surface area contributed by atoms with Crippen molar-refractivity contribution in [3.63, 3.8) is 0 Å². The number of primary amides is 1. The lowest BCUT2D eigenvalue weighted by Crippen LogP contribution is -2.20. The van der Waals surface area contributed by atoms with Crippen LogP contribution >= 0.6 is 0 Å². The number of hydrogen-bond acceptors (Lipinski definition) is 3. The van der Waals surface area contributed by atoms with Crippen molar-refractivity contribution in [1.29, 1.82) is 0 Å². The molecule has 1 aromatic carbocycles. The van der Waals surface area contributed by atoms with Crippen LogP contribution in [-0.2, 0) is 0 Å². The molecule has 0 saturated heterocycles. The molecule has 2 amide bonds. The first-order valence-electron chi connectivity index (χ1n) is 4.08. The zero-order valence-corrected chi connectivity index (χ0v) is 7.93. The van der Waals surface area contributed by atoms with Crippen molar-refractivity contribution in [2.45, 2.75) is 0 Å². The molecule has 84 valence electrons. The maximum Gasteiger partial charge on any atom is 0.335 e. The molecule has 7 heteroatoms. The Bertz CT molecular complexity index is 437. The fourth-order valence-electron chi connectivity index (χ4n) is 1.09.